The third-order valence-electron chi connectivity index (χ3n) is 2.85. The second-order valence-corrected chi connectivity index (χ2v) is 5.11. The van der Waals surface area contributed by atoms with Gasteiger partial charge in [0.25, 0.3) is 0 Å². The number of pyridine rings is 1. The molecule has 1 aromatic heterocycles. The molecule has 0 radical (unpaired) electrons. The molecule has 0 bridgehead atoms. The molecule has 0 aromatic carbocycles. The van der Waals surface area contributed by atoms with Crippen LogP contribution in [0.5, 0.6) is 5.88 Å². The molecule has 1 aliphatic rings. The zero-order valence-corrected chi connectivity index (χ0v) is 11.3. The lowest BCUT2D eigenvalue weighted by atomic mass is 10.1. The maximum Gasteiger partial charge on any atom is 0.421 e. The zero-order valence-electron chi connectivity index (χ0n) is 10.5. The number of halogens is 4. The molecule has 0 spiro atoms. The second-order valence-electron chi connectivity index (χ2n) is 4.45. The summed E-state index contributed by atoms with van der Waals surface area (Å²) in [5.74, 6) is -0.723. The third-order valence-corrected chi connectivity index (χ3v) is 3.04. The number of carbonyl (C=O) groups excluding carboxylic acids is 1. The molecule has 0 saturated carbocycles. The summed E-state index contributed by atoms with van der Waals surface area (Å²) in [6.45, 7) is 1.96. The molecule has 2 heterocycles. The van der Waals surface area contributed by atoms with Crippen LogP contribution in [-0.2, 0) is 11.0 Å². The highest BCUT2D eigenvalue weighted by Gasteiger charge is 2.38. The normalized spacial score (nSPS) is 17.6. The highest BCUT2D eigenvalue weighted by Crippen LogP contribution is 2.35. The van der Waals surface area contributed by atoms with E-state index < -0.39 is 29.1 Å². The Morgan fingerprint density at radius 2 is 2.20 bits per heavy atom. The van der Waals surface area contributed by atoms with Gasteiger partial charge < -0.3 is 9.64 Å². The lowest BCUT2D eigenvalue weighted by Gasteiger charge is -2.39. The summed E-state index contributed by atoms with van der Waals surface area (Å²) in [5, 5.41) is -0.656. The first-order valence-corrected chi connectivity index (χ1v) is 6.34. The monoisotopic (exact) mass is 308 g/mol. The van der Waals surface area contributed by atoms with Gasteiger partial charge in [-0.25, -0.2) is 4.98 Å². The fourth-order valence-electron chi connectivity index (χ4n) is 1.80. The number of alkyl halides is 4. The van der Waals surface area contributed by atoms with E-state index in [1.54, 1.807) is 6.92 Å². The molecular formula is C12H12ClF3N2O2. The van der Waals surface area contributed by atoms with Crippen LogP contribution in [0.4, 0.5) is 13.2 Å². The largest absolute Gasteiger partial charge is 0.470 e. The first-order chi connectivity index (χ1) is 9.29. The summed E-state index contributed by atoms with van der Waals surface area (Å²) in [7, 11) is 0. The van der Waals surface area contributed by atoms with E-state index in [0.29, 0.717) is 0 Å². The van der Waals surface area contributed by atoms with Crippen molar-refractivity contribution in [3.8, 4) is 5.88 Å². The molecule has 1 saturated heterocycles. The lowest BCUT2D eigenvalue weighted by Crippen LogP contribution is -2.57. The van der Waals surface area contributed by atoms with Gasteiger partial charge in [0.2, 0.25) is 11.8 Å². The minimum Gasteiger partial charge on any atom is -0.470 e. The van der Waals surface area contributed by atoms with Crippen molar-refractivity contribution in [2.24, 2.45) is 0 Å². The number of hydrogen-bond acceptors (Lipinski definition) is 3. The van der Waals surface area contributed by atoms with Gasteiger partial charge in [0.05, 0.1) is 13.1 Å². The summed E-state index contributed by atoms with van der Waals surface area (Å²) in [6.07, 6.45) is -3.79. The number of ether oxygens (including phenoxy) is 1. The molecule has 1 atom stereocenters. The van der Waals surface area contributed by atoms with Gasteiger partial charge in [0, 0.05) is 6.20 Å². The Bertz CT molecular complexity index is 502. The van der Waals surface area contributed by atoms with Crippen LogP contribution in [0.2, 0.25) is 0 Å². The van der Waals surface area contributed by atoms with Gasteiger partial charge in [0.1, 0.15) is 17.0 Å². The van der Waals surface area contributed by atoms with Crippen LogP contribution in [0.3, 0.4) is 0 Å². The maximum absolute atomic E-state index is 12.7. The fraction of sp³-hybridized carbons (Fsp3) is 0.500. The molecule has 110 valence electrons. The molecule has 2 rings (SSSR count). The topological polar surface area (TPSA) is 42.4 Å². The first-order valence-electron chi connectivity index (χ1n) is 5.90. The Hall–Kier alpha value is -1.50. The van der Waals surface area contributed by atoms with E-state index >= 15 is 0 Å². The Morgan fingerprint density at radius 1 is 1.55 bits per heavy atom. The molecule has 20 heavy (non-hydrogen) atoms. The standard InChI is InChI=1S/C12H12ClF3N2O2/c1-7(13)11(19)18-5-8(6-18)20-10-9(12(14,15)16)3-2-4-17-10/h2-4,7-8H,5-6H2,1H3. The number of likely N-dealkylation sites (tertiary alicyclic amines) is 1. The minimum atomic E-state index is -4.52. The molecule has 1 unspecified atom stereocenters. The van der Waals surface area contributed by atoms with Gasteiger partial charge in [-0.1, -0.05) is 0 Å². The maximum atomic E-state index is 12.7. The average Bonchev–Trinajstić information content (AvgIpc) is 2.31. The number of carbonyl (C=O) groups is 1. The van der Waals surface area contributed by atoms with E-state index in [1.165, 1.54) is 17.2 Å². The summed E-state index contributed by atoms with van der Waals surface area (Å²) < 4.78 is 43.4. The van der Waals surface area contributed by atoms with Crippen molar-refractivity contribution in [2.75, 3.05) is 13.1 Å². The van der Waals surface area contributed by atoms with Gasteiger partial charge in [-0.05, 0) is 19.1 Å². The number of rotatable bonds is 3. The molecule has 0 aliphatic carbocycles. The van der Waals surface area contributed by atoms with Crippen LogP contribution >= 0.6 is 11.6 Å². The van der Waals surface area contributed by atoms with Gasteiger partial charge in [-0.3, -0.25) is 4.79 Å². The average molecular weight is 309 g/mol. The molecule has 1 aliphatic heterocycles. The van der Waals surface area contributed by atoms with Crippen LogP contribution in [0, 0.1) is 0 Å². The molecule has 1 aromatic rings. The van der Waals surface area contributed by atoms with Crippen molar-refractivity contribution >= 4 is 17.5 Å². The van der Waals surface area contributed by atoms with Crippen LogP contribution in [0.25, 0.3) is 0 Å². The van der Waals surface area contributed by atoms with Crippen LogP contribution in [-0.4, -0.2) is 40.4 Å². The van der Waals surface area contributed by atoms with Crippen LogP contribution in [0.1, 0.15) is 12.5 Å². The van der Waals surface area contributed by atoms with Gasteiger partial charge in [0.15, 0.2) is 0 Å². The molecule has 1 amide bonds. The van der Waals surface area contributed by atoms with Crippen molar-refractivity contribution in [1.29, 1.82) is 0 Å². The smallest absolute Gasteiger partial charge is 0.421 e. The third kappa shape index (κ3) is 3.15. The quantitative estimate of drug-likeness (QED) is 0.805. The van der Waals surface area contributed by atoms with Crippen molar-refractivity contribution in [3.63, 3.8) is 0 Å². The summed E-state index contributed by atoms with van der Waals surface area (Å²) >= 11 is 5.64. The minimum absolute atomic E-state index is 0.212. The molecule has 1 fully saturated rings. The van der Waals surface area contributed by atoms with Crippen molar-refractivity contribution in [1.82, 2.24) is 9.88 Å². The summed E-state index contributed by atoms with van der Waals surface area (Å²) in [6, 6.07) is 2.10. The van der Waals surface area contributed by atoms with E-state index in [4.69, 9.17) is 16.3 Å². The van der Waals surface area contributed by atoms with Gasteiger partial charge in [-0.15, -0.1) is 11.6 Å². The van der Waals surface area contributed by atoms with Crippen molar-refractivity contribution in [2.45, 2.75) is 24.6 Å². The van der Waals surface area contributed by atoms with Gasteiger partial charge >= 0.3 is 6.18 Å². The number of nitrogens with zero attached hydrogens (tertiary/aromatic N) is 2. The predicted octanol–water partition coefficient (Wildman–Crippen LogP) is 2.32. The zero-order chi connectivity index (χ0) is 14.9. The predicted molar refractivity (Wildman–Crippen MR) is 65.6 cm³/mol. The Kier molecular flexibility index (Phi) is 4.08. The Labute approximate surface area is 118 Å². The van der Waals surface area contributed by atoms with E-state index in [2.05, 4.69) is 4.98 Å². The number of aromatic nitrogens is 1. The summed E-state index contributed by atoms with van der Waals surface area (Å²) in [4.78, 5) is 16.5. The molecular weight excluding hydrogens is 297 g/mol. The van der Waals surface area contributed by atoms with Crippen molar-refractivity contribution in [3.05, 3.63) is 23.9 Å². The fourth-order valence-corrected chi connectivity index (χ4v) is 1.94. The van der Waals surface area contributed by atoms with Gasteiger partial charge in [-0.2, -0.15) is 13.2 Å². The Balaban J connectivity index is 1.99. The van der Waals surface area contributed by atoms with Crippen LogP contribution < -0.4 is 4.74 Å². The first kappa shape index (κ1) is 14.9. The number of hydrogen-bond donors (Lipinski definition) is 0. The van der Waals surface area contributed by atoms with Crippen molar-refractivity contribution < 1.29 is 22.7 Å². The van der Waals surface area contributed by atoms with E-state index in [9.17, 15) is 18.0 Å². The molecule has 0 N–H and O–H groups in total. The van der Waals surface area contributed by atoms with E-state index in [1.807, 2.05) is 0 Å². The van der Waals surface area contributed by atoms with E-state index in [0.717, 1.165) is 6.07 Å². The van der Waals surface area contributed by atoms with E-state index in [-0.39, 0.29) is 19.0 Å². The van der Waals surface area contributed by atoms with Crippen LogP contribution in [0.15, 0.2) is 18.3 Å². The second kappa shape index (κ2) is 5.47. The molecule has 4 nitrogen and oxygen atoms in total. The summed E-state index contributed by atoms with van der Waals surface area (Å²) in [5.41, 5.74) is -0.921. The Morgan fingerprint density at radius 3 is 2.75 bits per heavy atom. The highest BCUT2D eigenvalue weighted by molar-refractivity contribution is 6.30. The number of amides is 1. The SMILES string of the molecule is CC(Cl)C(=O)N1CC(Oc2ncccc2C(F)(F)F)C1. The molecule has 8 heteroatoms. The highest BCUT2D eigenvalue weighted by atomic mass is 35.5. The lowest BCUT2D eigenvalue weighted by molar-refractivity contribution is -0.144.